The minimum Gasteiger partial charge on any atom is -0.372 e. The van der Waals surface area contributed by atoms with E-state index in [-0.39, 0.29) is 12.2 Å². The topological polar surface area (TPSA) is 46.6 Å². The number of nitrogens with zero attached hydrogens (tertiary/aromatic N) is 1. The van der Waals surface area contributed by atoms with Crippen molar-refractivity contribution in [3.8, 4) is 0 Å². The zero-order chi connectivity index (χ0) is 11.2. The fourth-order valence-corrected chi connectivity index (χ4v) is 4.84. The molecule has 6 heteroatoms. The number of fused-ring (bicyclic) bond motifs is 2. The van der Waals surface area contributed by atoms with E-state index in [1.165, 1.54) is 11.3 Å². The van der Waals surface area contributed by atoms with Crippen molar-refractivity contribution in [2.75, 3.05) is 13.1 Å². The highest BCUT2D eigenvalue weighted by Gasteiger charge is 2.39. The maximum absolute atomic E-state index is 12.2. The van der Waals surface area contributed by atoms with Crippen molar-refractivity contribution in [3.05, 3.63) is 16.8 Å². The molecule has 4 nitrogen and oxygen atoms in total. The minimum absolute atomic E-state index is 0.104. The van der Waals surface area contributed by atoms with E-state index in [2.05, 4.69) is 0 Å². The van der Waals surface area contributed by atoms with Gasteiger partial charge in [-0.2, -0.15) is 15.6 Å². The van der Waals surface area contributed by atoms with Gasteiger partial charge in [-0.3, -0.25) is 0 Å². The quantitative estimate of drug-likeness (QED) is 0.804. The summed E-state index contributed by atoms with van der Waals surface area (Å²) >= 11 is 1.41. The largest absolute Gasteiger partial charge is 0.372 e. The van der Waals surface area contributed by atoms with Gasteiger partial charge in [0.05, 0.1) is 17.1 Å². The fraction of sp³-hybridized carbons (Fsp3) is 0.600. The van der Waals surface area contributed by atoms with E-state index in [1.54, 1.807) is 21.1 Å². The standard InChI is InChI=1S/C10H13NO3S2/c12-16(13,10-3-4-15-7-10)11-5-8-1-2-9(6-11)14-8/h3-4,7-9H,1-2,5-6H2. The Morgan fingerprint density at radius 2 is 2.00 bits per heavy atom. The summed E-state index contributed by atoms with van der Waals surface area (Å²) in [6, 6.07) is 1.66. The number of rotatable bonds is 2. The molecule has 2 aliphatic rings. The van der Waals surface area contributed by atoms with Crippen LogP contribution in [0.3, 0.4) is 0 Å². The van der Waals surface area contributed by atoms with E-state index in [0.29, 0.717) is 18.0 Å². The van der Waals surface area contributed by atoms with Crippen LogP contribution in [-0.2, 0) is 14.8 Å². The minimum atomic E-state index is -3.28. The van der Waals surface area contributed by atoms with Crippen molar-refractivity contribution in [2.45, 2.75) is 29.9 Å². The molecule has 2 saturated heterocycles. The number of hydrogen-bond acceptors (Lipinski definition) is 4. The summed E-state index contributed by atoms with van der Waals surface area (Å²) in [6.07, 6.45) is 2.18. The highest BCUT2D eigenvalue weighted by Crippen LogP contribution is 2.30. The van der Waals surface area contributed by atoms with Crippen LogP contribution in [0.1, 0.15) is 12.8 Å². The van der Waals surface area contributed by atoms with E-state index in [9.17, 15) is 8.42 Å². The molecular weight excluding hydrogens is 246 g/mol. The van der Waals surface area contributed by atoms with E-state index in [0.717, 1.165) is 12.8 Å². The molecule has 0 N–H and O–H groups in total. The molecule has 3 rings (SSSR count). The van der Waals surface area contributed by atoms with Gasteiger partial charge in [-0.15, -0.1) is 0 Å². The molecule has 2 fully saturated rings. The van der Waals surface area contributed by atoms with Crippen molar-refractivity contribution in [2.24, 2.45) is 0 Å². The summed E-state index contributed by atoms with van der Waals surface area (Å²) in [6.45, 7) is 1.02. The van der Waals surface area contributed by atoms with Crippen molar-refractivity contribution >= 4 is 21.4 Å². The smallest absolute Gasteiger partial charge is 0.244 e. The lowest BCUT2D eigenvalue weighted by molar-refractivity contribution is -0.0114. The van der Waals surface area contributed by atoms with Gasteiger partial charge in [0.15, 0.2) is 0 Å². The van der Waals surface area contributed by atoms with Gasteiger partial charge in [-0.05, 0) is 24.3 Å². The molecule has 88 valence electrons. The molecular formula is C10H13NO3S2. The van der Waals surface area contributed by atoms with Gasteiger partial charge in [-0.1, -0.05) is 0 Å². The lowest BCUT2D eigenvalue weighted by Gasteiger charge is -2.30. The lowest BCUT2D eigenvalue weighted by Crippen LogP contribution is -2.45. The molecule has 0 radical (unpaired) electrons. The lowest BCUT2D eigenvalue weighted by atomic mass is 10.2. The van der Waals surface area contributed by atoms with Crippen LogP contribution in [-0.4, -0.2) is 38.0 Å². The third-order valence-electron chi connectivity index (χ3n) is 3.14. The first-order valence-corrected chi connectivity index (χ1v) is 7.72. The molecule has 0 spiro atoms. The predicted octanol–water partition coefficient (Wildman–Crippen LogP) is 1.30. The third-order valence-corrected chi connectivity index (χ3v) is 5.80. The Bertz CT molecular complexity index is 456. The normalized spacial score (nSPS) is 30.8. The Morgan fingerprint density at radius 1 is 1.31 bits per heavy atom. The molecule has 0 saturated carbocycles. The molecule has 0 aromatic carbocycles. The molecule has 0 amide bonds. The molecule has 1 aromatic rings. The molecule has 3 heterocycles. The molecule has 16 heavy (non-hydrogen) atoms. The highest BCUT2D eigenvalue weighted by molar-refractivity contribution is 7.89. The number of ether oxygens (including phenoxy) is 1. The number of morpholine rings is 1. The second-order valence-electron chi connectivity index (χ2n) is 4.24. The van der Waals surface area contributed by atoms with Crippen LogP contribution < -0.4 is 0 Å². The first-order chi connectivity index (χ1) is 7.66. The van der Waals surface area contributed by atoms with E-state index < -0.39 is 10.0 Å². The molecule has 2 aliphatic heterocycles. The molecule has 2 bridgehead atoms. The van der Waals surface area contributed by atoms with E-state index in [1.807, 2.05) is 0 Å². The van der Waals surface area contributed by atoms with Gasteiger partial charge in [0.2, 0.25) is 10.0 Å². The zero-order valence-electron chi connectivity index (χ0n) is 8.70. The first kappa shape index (κ1) is 10.7. The van der Waals surface area contributed by atoms with Crippen molar-refractivity contribution in [1.29, 1.82) is 0 Å². The fourth-order valence-electron chi connectivity index (χ4n) is 2.32. The van der Waals surface area contributed by atoms with Gasteiger partial charge in [-0.25, -0.2) is 8.42 Å². The van der Waals surface area contributed by atoms with Crippen molar-refractivity contribution in [3.63, 3.8) is 0 Å². The van der Waals surface area contributed by atoms with Crippen LogP contribution in [0.25, 0.3) is 0 Å². The van der Waals surface area contributed by atoms with Gasteiger partial charge < -0.3 is 4.74 Å². The summed E-state index contributed by atoms with van der Waals surface area (Å²) in [5, 5.41) is 3.48. The Hall–Kier alpha value is -0.430. The molecule has 1 aromatic heterocycles. The van der Waals surface area contributed by atoms with Crippen molar-refractivity contribution < 1.29 is 13.2 Å². The zero-order valence-corrected chi connectivity index (χ0v) is 10.3. The van der Waals surface area contributed by atoms with Gasteiger partial charge in [0.1, 0.15) is 0 Å². The Labute approximate surface area is 98.9 Å². The summed E-state index contributed by atoms with van der Waals surface area (Å²) in [7, 11) is -3.28. The van der Waals surface area contributed by atoms with Crippen LogP contribution in [0, 0.1) is 0 Å². The number of sulfonamides is 1. The van der Waals surface area contributed by atoms with E-state index in [4.69, 9.17) is 4.74 Å². The SMILES string of the molecule is O=S(=O)(c1ccsc1)N1CC2CCC(C1)O2. The monoisotopic (exact) mass is 259 g/mol. The van der Waals surface area contributed by atoms with Crippen LogP contribution in [0.2, 0.25) is 0 Å². The highest BCUT2D eigenvalue weighted by atomic mass is 32.2. The second kappa shape index (κ2) is 3.80. The Balaban J connectivity index is 1.88. The molecule has 2 atom stereocenters. The maximum Gasteiger partial charge on any atom is 0.244 e. The maximum atomic E-state index is 12.2. The summed E-state index contributed by atoms with van der Waals surface area (Å²) < 4.78 is 31.7. The van der Waals surface area contributed by atoms with Crippen LogP contribution >= 0.6 is 11.3 Å². The number of hydrogen-bond donors (Lipinski definition) is 0. The van der Waals surface area contributed by atoms with Gasteiger partial charge in [0.25, 0.3) is 0 Å². The Morgan fingerprint density at radius 3 is 2.56 bits per heavy atom. The first-order valence-electron chi connectivity index (χ1n) is 5.34. The van der Waals surface area contributed by atoms with Gasteiger partial charge in [0, 0.05) is 18.5 Å². The third kappa shape index (κ3) is 1.69. The second-order valence-corrected chi connectivity index (χ2v) is 6.96. The van der Waals surface area contributed by atoms with Crippen molar-refractivity contribution in [1.82, 2.24) is 4.31 Å². The van der Waals surface area contributed by atoms with Gasteiger partial charge >= 0.3 is 0 Å². The van der Waals surface area contributed by atoms with Crippen LogP contribution in [0.4, 0.5) is 0 Å². The average Bonchev–Trinajstić information content (AvgIpc) is 2.88. The predicted molar refractivity (Wildman–Crippen MR) is 61.0 cm³/mol. The molecule has 0 aliphatic carbocycles. The summed E-state index contributed by atoms with van der Waals surface area (Å²) in [5.74, 6) is 0. The average molecular weight is 259 g/mol. The van der Waals surface area contributed by atoms with E-state index >= 15 is 0 Å². The summed E-state index contributed by atoms with van der Waals surface area (Å²) in [4.78, 5) is 0.416. The Kier molecular flexibility index (Phi) is 2.54. The van der Waals surface area contributed by atoms with Crippen LogP contribution in [0.15, 0.2) is 21.7 Å². The number of thiophene rings is 1. The summed E-state index contributed by atoms with van der Waals surface area (Å²) in [5.41, 5.74) is 0. The molecule has 2 unspecified atom stereocenters. The van der Waals surface area contributed by atoms with Crippen LogP contribution in [0.5, 0.6) is 0 Å².